The number of fused-ring (bicyclic) bond motifs is 1. The summed E-state index contributed by atoms with van der Waals surface area (Å²) in [6, 6.07) is 12.3. The normalized spacial score (nSPS) is 15.8. The lowest BCUT2D eigenvalue weighted by molar-refractivity contribution is 0.328. The largest absolute Gasteiger partial charge is 0.357 e. The van der Waals surface area contributed by atoms with Crippen LogP contribution in [0, 0.1) is 0 Å². The second-order valence-corrected chi connectivity index (χ2v) is 7.98. The summed E-state index contributed by atoms with van der Waals surface area (Å²) in [6.07, 6.45) is 9.75. The van der Waals surface area contributed by atoms with Crippen LogP contribution >= 0.6 is 0 Å². The van der Waals surface area contributed by atoms with E-state index in [1.807, 2.05) is 62.5 Å². The van der Waals surface area contributed by atoms with Crippen LogP contribution in [-0.4, -0.2) is 38.4 Å². The highest BCUT2D eigenvalue weighted by Gasteiger charge is 2.26. The van der Waals surface area contributed by atoms with Crippen LogP contribution in [0.1, 0.15) is 44.3 Å². The van der Waals surface area contributed by atoms with Crippen LogP contribution < -0.4 is 4.90 Å². The molecule has 0 radical (unpaired) electrons. The van der Waals surface area contributed by atoms with E-state index < -0.39 is 0 Å². The van der Waals surface area contributed by atoms with Gasteiger partial charge in [-0.25, -0.2) is 4.98 Å². The zero-order valence-electron chi connectivity index (χ0n) is 18.3. The average molecular weight is 427 g/mol. The zero-order valence-corrected chi connectivity index (χ0v) is 18.3. The van der Waals surface area contributed by atoms with Gasteiger partial charge in [-0.2, -0.15) is 10.1 Å². The average Bonchev–Trinajstić information content (AvgIpc) is 3.50. The fraction of sp³-hybridized carbons (Fsp3) is 0.280. The Morgan fingerprint density at radius 2 is 2.00 bits per heavy atom. The van der Waals surface area contributed by atoms with Crippen molar-refractivity contribution in [2.45, 2.75) is 32.6 Å². The molecule has 1 fully saturated rings. The van der Waals surface area contributed by atoms with Crippen LogP contribution in [0.2, 0.25) is 0 Å². The number of rotatable bonds is 5. The van der Waals surface area contributed by atoms with Gasteiger partial charge in [-0.05, 0) is 44.9 Å². The Morgan fingerprint density at radius 1 is 1.16 bits per heavy atom. The number of hydrogen-bond donors (Lipinski definition) is 1. The molecule has 7 heteroatoms. The minimum atomic E-state index is 0.273. The second-order valence-electron chi connectivity index (χ2n) is 7.98. The first-order chi connectivity index (χ1) is 15.8. The highest BCUT2D eigenvalue weighted by atomic mass is 16.5. The molecule has 1 aliphatic heterocycles. The summed E-state index contributed by atoms with van der Waals surface area (Å²) in [4.78, 5) is 11.6. The summed E-state index contributed by atoms with van der Waals surface area (Å²) >= 11 is 0. The van der Waals surface area contributed by atoms with Crippen LogP contribution in [0.15, 0.2) is 65.3 Å². The van der Waals surface area contributed by atoms with Gasteiger partial charge in [-0.15, -0.1) is 0 Å². The van der Waals surface area contributed by atoms with E-state index in [4.69, 9.17) is 4.52 Å². The quantitative estimate of drug-likeness (QED) is 0.432. The van der Waals surface area contributed by atoms with Gasteiger partial charge >= 0.3 is 0 Å². The summed E-state index contributed by atoms with van der Waals surface area (Å²) in [6.45, 7) is 5.76. The fourth-order valence-electron chi connectivity index (χ4n) is 4.28. The maximum absolute atomic E-state index is 5.60. The number of piperidine rings is 1. The lowest BCUT2D eigenvalue weighted by atomic mass is 9.96. The van der Waals surface area contributed by atoms with E-state index in [-0.39, 0.29) is 5.92 Å². The summed E-state index contributed by atoms with van der Waals surface area (Å²) < 4.78 is 5.60. The Morgan fingerprint density at radius 3 is 2.81 bits per heavy atom. The van der Waals surface area contributed by atoms with E-state index in [9.17, 15) is 0 Å². The molecule has 0 atom stereocenters. The van der Waals surface area contributed by atoms with Crippen molar-refractivity contribution in [1.29, 1.82) is 0 Å². The molecule has 1 aliphatic rings. The fourth-order valence-corrected chi connectivity index (χ4v) is 4.28. The Kier molecular flexibility index (Phi) is 5.54. The molecule has 5 rings (SSSR count). The molecule has 0 saturated carbocycles. The predicted molar refractivity (Wildman–Crippen MR) is 126 cm³/mol. The second kappa shape index (κ2) is 8.78. The summed E-state index contributed by atoms with van der Waals surface area (Å²) in [7, 11) is 0. The van der Waals surface area contributed by atoms with Crippen molar-refractivity contribution in [3.8, 4) is 11.3 Å². The highest BCUT2D eigenvalue weighted by molar-refractivity contribution is 5.93. The van der Waals surface area contributed by atoms with Crippen molar-refractivity contribution in [1.82, 2.24) is 25.3 Å². The molecule has 1 N–H and O–H groups in total. The van der Waals surface area contributed by atoms with Gasteiger partial charge in [0, 0.05) is 41.7 Å². The lowest BCUT2D eigenvalue weighted by Gasteiger charge is -2.31. The van der Waals surface area contributed by atoms with Crippen LogP contribution in [0.4, 0.5) is 5.82 Å². The predicted octanol–water partition coefficient (Wildman–Crippen LogP) is 5.37. The SMILES string of the molecule is C/C=C\C(=C/C)c1noc(C2CCN(c3cc(-c4n[nH]c5ccccc45)ccn3)CC2)n1. The number of allylic oxidation sites excluding steroid dienone is 4. The molecule has 1 saturated heterocycles. The van der Waals surface area contributed by atoms with Crippen molar-refractivity contribution in [3.05, 3.63) is 72.5 Å². The smallest absolute Gasteiger partial charge is 0.230 e. The van der Waals surface area contributed by atoms with Gasteiger partial charge in [0.25, 0.3) is 0 Å². The third-order valence-electron chi connectivity index (χ3n) is 6.01. The number of para-hydroxylation sites is 1. The maximum Gasteiger partial charge on any atom is 0.230 e. The molecule has 32 heavy (non-hydrogen) atoms. The van der Waals surface area contributed by atoms with Crippen LogP contribution in [-0.2, 0) is 0 Å². The van der Waals surface area contributed by atoms with Crippen molar-refractivity contribution >= 4 is 22.3 Å². The Labute approximate surface area is 186 Å². The van der Waals surface area contributed by atoms with Crippen molar-refractivity contribution < 1.29 is 4.52 Å². The summed E-state index contributed by atoms with van der Waals surface area (Å²) in [5.74, 6) is 2.63. The molecule has 0 aliphatic carbocycles. The van der Waals surface area contributed by atoms with Gasteiger partial charge < -0.3 is 9.42 Å². The first-order valence-corrected chi connectivity index (χ1v) is 11.0. The van der Waals surface area contributed by atoms with Crippen LogP contribution in [0.25, 0.3) is 27.7 Å². The first-order valence-electron chi connectivity index (χ1n) is 11.0. The summed E-state index contributed by atoms with van der Waals surface area (Å²) in [5, 5.41) is 12.9. The number of anilines is 1. The Balaban J connectivity index is 1.30. The number of benzene rings is 1. The van der Waals surface area contributed by atoms with Gasteiger partial charge in [0.15, 0.2) is 0 Å². The third-order valence-corrected chi connectivity index (χ3v) is 6.01. The van der Waals surface area contributed by atoms with Gasteiger partial charge in [0.05, 0.1) is 5.52 Å². The standard InChI is InChI=1S/C25H26N6O/c1-3-7-17(4-2)24-27-25(32-30-24)18-11-14-31(15-12-18)22-16-19(10-13-26-22)23-20-8-5-6-9-21(20)28-29-23/h3-10,13,16,18H,11-12,14-15H2,1-2H3,(H,28,29)/b7-3-,17-4+. The molecular formula is C25H26N6O. The zero-order chi connectivity index (χ0) is 21.9. The van der Waals surface area contributed by atoms with E-state index in [1.165, 1.54) is 0 Å². The summed E-state index contributed by atoms with van der Waals surface area (Å²) in [5.41, 5.74) is 4.04. The van der Waals surface area contributed by atoms with Crippen molar-refractivity contribution in [3.63, 3.8) is 0 Å². The van der Waals surface area contributed by atoms with Crippen molar-refractivity contribution in [2.24, 2.45) is 0 Å². The number of nitrogens with one attached hydrogen (secondary N) is 1. The molecule has 162 valence electrons. The molecular weight excluding hydrogens is 400 g/mol. The molecule has 1 aromatic carbocycles. The highest BCUT2D eigenvalue weighted by Crippen LogP contribution is 2.32. The van der Waals surface area contributed by atoms with E-state index in [0.29, 0.717) is 5.82 Å². The number of nitrogens with zero attached hydrogens (tertiary/aromatic N) is 5. The van der Waals surface area contributed by atoms with E-state index >= 15 is 0 Å². The Bertz CT molecular complexity index is 1280. The van der Waals surface area contributed by atoms with E-state index in [0.717, 1.165) is 65.4 Å². The van der Waals surface area contributed by atoms with Crippen molar-refractivity contribution in [2.75, 3.05) is 18.0 Å². The molecule has 3 aromatic heterocycles. The Hall–Kier alpha value is -3.74. The third kappa shape index (κ3) is 3.82. The maximum atomic E-state index is 5.60. The number of aromatic amines is 1. The number of hydrogen-bond acceptors (Lipinski definition) is 6. The van der Waals surface area contributed by atoms with Gasteiger partial charge in [0.2, 0.25) is 11.7 Å². The van der Waals surface area contributed by atoms with Gasteiger partial charge in [-0.3, -0.25) is 5.10 Å². The number of H-pyrrole nitrogens is 1. The number of pyridine rings is 1. The topological polar surface area (TPSA) is 83.7 Å². The van der Waals surface area contributed by atoms with Gasteiger partial charge in [-0.1, -0.05) is 41.6 Å². The molecule has 0 unspecified atom stereocenters. The number of aromatic nitrogens is 5. The van der Waals surface area contributed by atoms with Gasteiger partial charge in [0.1, 0.15) is 11.5 Å². The van der Waals surface area contributed by atoms with Crippen LogP contribution in [0.3, 0.4) is 0 Å². The van der Waals surface area contributed by atoms with Crippen LogP contribution in [0.5, 0.6) is 0 Å². The molecule has 4 aromatic rings. The monoisotopic (exact) mass is 426 g/mol. The molecule has 7 nitrogen and oxygen atoms in total. The van der Waals surface area contributed by atoms with E-state index in [2.05, 4.69) is 42.4 Å². The molecule has 0 spiro atoms. The lowest BCUT2D eigenvalue weighted by Crippen LogP contribution is -2.33. The molecule has 0 bridgehead atoms. The first kappa shape index (κ1) is 20.2. The molecule has 0 amide bonds. The minimum Gasteiger partial charge on any atom is -0.357 e. The molecule has 4 heterocycles. The minimum absolute atomic E-state index is 0.273. The van der Waals surface area contributed by atoms with E-state index in [1.54, 1.807) is 0 Å².